The Morgan fingerprint density at radius 1 is 1.41 bits per heavy atom. The molecule has 3 rings (SSSR count). The highest BCUT2D eigenvalue weighted by molar-refractivity contribution is 6.08. The van der Waals surface area contributed by atoms with Gasteiger partial charge in [-0.2, -0.15) is 5.10 Å². The van der Waals surface area contributed by atoms with Crippen molar-refractivity contribution in [1.82, 2.24) is 20.1 Å². The fourth-order valence-corrected chi connectivity index (χ4v) is 2.06. The molecule has 3 aromatic rings. The van der Waals surface area contributed by atoms with Crippen LogP contribution >= 0.6 is 0 Å². The molecule has 86 valence electrons. The van der Waals surface area contributed by atoms with Crippen LogP contribution in [0.3, 0.4) is 0 Å². The van der Waals surface area contributed by atoms with E-state index >= 15 is 0 Å². The van der Waals surface area contributed by atoms with E-state index < -0.39 is 0 Å². The molecule has 0 aliphatic rings. The minimum atomic E-state index is -0.0859. The second kappa shape index (κ2) is 3.35. The van der Waals surface area contributed by atoms with Gasteiger partial charge in [0.25, 0.3) is 5.91 Å². The van der Waals surface area contributed by atoms with Gasteiger partial charge in [-0.15, -0.1) is 0 Å². The van der Waals surface area contributed by atoms with E-state index in [9.17, 15) is 4.79 Å². The summed E-state index contributed by atoms with van der Waals surface area (Å²) in [5, 5.41) is 7.97. The number of aromatic amines is 1. The van der Waals surface area contributed by atoms with E-state index in [4.69, 9.17) is 0 Å². The van der Waals surface area contributed by atoms with Gasteiger partial charge in [0.2, 0.25) is 0 Å². The molecule has 0 radical (unpaired) electrons. The van der Waals surface area contributed by atoms with Gasteiger partial charge < -0.3 is 10.3 Å². The van der Waals surface area contributed by atoms with Gasteiger partial charge in [0, 0.05) is 36.8 Å². The monoisotopic (exact) mass is 228 g/mol. The van der Waals surface area contributed by atoms with Crippen LogP contribution in [0, 0.1) is 0 Å². The summed E-state index contributed by atoms with van der Waals surface area (Å²) in [4.78, 5) is 14.8. The molecule has 2 heterocycles. The summed E-state index contributed by atoms with van der Waals surface area (Å²) in [7, 11) is 3.50. The van der Waals surface area contributed by atoms with Crippen LogP contribution < -0.4 is 5.32 Å². The second-order valence-electron chi connectivity index (χ2n) is 4.03. The number of hydrogen-bond acceptors (Lipinski definition) is 2. The normalized spacial score (nSPS) is 11.2. The molecule has 1 amide bonds. The summed E-state index contributed by atoms with van der Waals surface area (Å²) < 4.78 is 1.76. The number of aromatic nitrogens is 3. The van der Waals surface area contributed by atoms with Crippen molar-refractivity contribution in [3.8, 4) is 0 Å². The Morgan fingerprint density at radius 2 is 2.24 bits per heavy atom. The Balaban J connectivity index is 2.31. The van der Waals surface area contributed by atoms with E-state index in [0.29, 0.717) is 5.56 Å². The van der Waals surface area contributed by atoms with E-state index in [2.05, 4.69) is 15.4 Å². The fourth-order valence-electron chi connectivity index (χ4n) is 2.06. The summed E-state index contributed by atoms with van der Waals surface area (Å²) in [6.45, 7) is 0. The van der Waals surface area contributed by atoms with Gasteiger partial charge in [0.1, 0.15) is 5.52 Å². The third-order valence-corrected chi connectivity index (χ3v) is 2.86. The molecule has 0 bridgehead atoms. The smallest absolute Gasteiger partial charge is 0.251 e. The van der Waals surface area contributed by atoms with Crippen LogP contribution in [0.4, 0.5) is 0 Å². The topological polar surface area (TPSA) is 62.7 Å². The average Bonchev–Trinajstić information content (AvgIpc) is 2.83. The molecule has 0 atom stereocenters. The predicted molar refractivity (Wildman–Crippen MR) is 66.0 cm³/mol. The minimum absolute atomic E-state index is 0.0859. The SMILES string of the molecule is CNC(=O)c1ccc2[nH]c3cn(C)nc3c2c1. The van der Waals surface area contributed by atoms with Gasteiger partial charge >= 0.3 is 0 Å². The van der Waals surface area contributed by atoms with Crippen molar-refractivity contribution in [2.75, 3.05) is 7.05 Å². The molecule has 0 saturated heterocycles. The van der Waals surface area contributed by atoms with Gasteiger partial charge in [0.05, 0.1) is 5.52 Å². The van der Waals surface area contributed by atoms with E-state index in [1.807, 2.05) is 25.4 Å². The van der Waals surface area contributed by atoms with Gasteiger partial charge in [-0.3, -0.25) is 9.48 Å². The Bertz CT molecular complexity index is 723. The second-order valence-corrected chi connectivity index (χ2v) is 4.03. The van der Waals surface area contributed by atoms with Gasteiger partial charge in [-0.1, -0.05) is 0 Å². The van der Waals surface area contributed by atoms with Crippen molar-refractivity contribution in [3.63, 3.8) is 0 Å². The largest absolute Gasteiger partial charge is 0.355 e. The number of nitrogens with zero attached hydrogens (tertiary/aromatic N) is 2. The van der Waals surface area contributed by atoms with Crippen molar-refractivity contribution >= 4 is 27.8 Å². The molecule has 1 aromatic carbocycles. The van der Waals surface area contributed by atoms with Gasteiger partial charge in [-0.25, -0.2) is 0 Å². The standard InChI is InChI=1S/C12H12N4O/c1-13-12(17)7-3-4-9-8(5-7)11-10(14-9)6-16(2)15-11/h3-6,14H,1-2H3,(H,13,17). The zero-order chi connectivity index (χ0) is 12.0. The highest BCUT2D eigenvalue weighted by Gasteiger charge is 2.10. The molecular weight excluding hydrogens is 216 g/mol. The number of fused-ring (bicyclic) bond motifs is 3. The number of rotatable bonds is 1. The lowest BCUT2D eigenvalue weighted by Crippen LogP contribution is -2.17. The van der Waals surface area contributed by atoms with Crippen LogP contribution in [0.25, 0.3) is 21.9 Å². The fraction of sp³-hybridized carbons (Fsp3) is 0.167. The number of amides is 1. The first-order chi connectivity index (χ1) is 8.19. The van der Waals surface area contributed by atoms with Gasteiger partial charge in [0.15, 0.2) is 0 Å². The molecule has 5 heteroatoms. The van der Waals surface area contributed by atoms with Crippen molar-refractivity contribution in [3.05, 3.63) is 30.0 Å². The minimum Gasteiger partial charge on any atom is -0.355 e. The van der Waals surface area contributed by atoms with Crippen LogP contribution in [-0.4, -0.2) is 27.7 Å². The summed E-state index contributed by atoms with van der Waals surface area (Å²) >= 11 is 0. The maximum atomic E-state index is 11.6. The quantitative estimate of drug-likeness (QED) is 0.661. The first-order valence-corrected chi connectivity index (χ1v) is 5.36. The molecule has 0 spiro atoms. The number of benzene rings is 1. The number of nitrogens with one attached hydrogen (secondary N) is 2. The van der Waals surface area contributed by atoms with Crippen LogP contribution in [0.1, 0.15) is 10.4 Å². The average molecular weight is 228 g/mol. The zero-order valence-corrected chi connectivity index (χ0v) is 9.61. The molecule has 0 fully saturated rings. The van der Waals surface area contributed by atoms with Gasteiger partial charge in [-0.05, 0) is 18.2 Å². The summed E-state index contributed by atoms with van der Waals surface area (Å²) in [5.41, 5.74) is 3.52. The molecular formula is C12H12N4O. The zero-order valence-electron chi connectivity index (χ0n) is 9.61. The highest BCUT2D eigenvalue weighted by Crippen LogP contribution is 2.24. The van der Waals surface area contributed by atoms with Crippen molar-refractivity contribution in [2.24, 2.45) is 7.05 Å². The highest BCUT2D eigenvalue weighted by atomic mass is 16.1. The molecule has 2 N–H and O–H groups in total. The molecule has 0 saturated carbocycles. The molecule has 0 aliphatic heterocycles. The summed E-state index contributed by atoms with van der Waals surface area (Å²) in [6.07, 6.45) is 1.93. The Kier molecular flexibility index (Phi) is 1.95. The Labute approximate surface area is 97.4 Å². The molecule has 2 aromatic heterocycles. The van der Waals surface area contributed by atoms with Crippen molar-refractivity contribution in [1.29, 1.82) is 0 Å². The Morgan fingerprint density at radius 3 is 3.00 bits per heavy atom. The lowest BCUT2D eigenvalue weighted by Gasteiger charge is -1.99. The molecule has 0 aliphatic carbocycles. The van der Waals surface area contributed by atoms with E-state index in [-0.39, 0.29) is 5.91 Å². The Hall–Kier alpha value is -2.30. The third-order valence-electron chi connectivity index (χ3n) is 2.86. The number of carbonyl (C=O) groups excluding carboxylic acids is 1. The molecule has 0 unspecified atom stereocenters. The van der Waals surface area contributed by atoms with E-state index in [0.717, 1.165) is 21.9 Å². The van der Waals surface area contributed by atoms with Crippen molar-refractivity contribution in [2.45, 2.75) is 0 Å². The van der Waals surface area contributed by atoms with Crippen molar-refractivity contribution < 1.29 is 4.79 Å². The maximum absolute atomic E-state index is 11.6. The predicted octanol–water partition coefficient (Wildman–Crippen LogP) is 1.41. The summed E-state index contributed by atoms with van der Waals surface area (Å²) in [5.74, 6) is -0.0859. The third kappa shape index (κ3) is 1.39. The molecule has 5 nitrogen and oxygen atoms in total. The lowest BCUT2D eigenvalue weighted by molar-refractivity contribution is 0.0963. The van der Waals surface area contributed by atoms with E-state index in [1.54, 1.807) is 17.8 Å². The maximum Gasteiger partial charge on any atom is 0.251 e. The van der Waals surface area contributed by atoms with E-state index in [1.165, 1.54) is 0 Å². The molecule has 17 heavy (non-hydrogen) atoms. The number of hydrogen-bond donors (Lipinski definition) is 2. The van der Waals surface area contributed by atoms with Crippen LogP contribution in [0.2, 0.25) is 0 Å². The lowest BCUT2D eigenvalue weighted by atomic mass is 10.1. The first kappa shape index (κ1) is 9.89. The van der Waals surface area contributed by atoms with Crippen LogP contribution in [-0.2, 0) is 7.05 Å². The number of H-pyrrole nitrogens is 1. The van der Waals surface area contributed by atoms with Crippen LogP contribution in [0.5, 0.6) is 0 Å². The van der Waals surface area contributed by atoms with Crippen LogP contribution in [0.15, 0.2) is 24.4 Å². The first-order valence-electron chi connectivity index (χ1n) is 5.36. The summed E-state index contributed by atoms with van der Waals surface area (Å²) in [6, 6.07) is 5.57. The number of carbonyl (C=O) groups is 1. The number of aryl methyl sites for hydroxylation is 1.